The molecule has 0 saturated heterocycles. The Morgan fingerprint density at radius 3 is 3.07 bits per heavy atom. The Kier molecular flexibility index (Phi) is 4.11. The molecule has 1 rings (SSSR count). The van der Waals surface area contributed by atoms with Crippen molar-refractivity contribution in [3.63, 3.8) is 0 Å². The summed E-state index contributed by atoms with van der Waals surface area (Å²) in [6.45, 7) is 2.53. The first-order valence-electron chi connectivity index (χ1n) is 4.42. The number of nitrogens with two attached hydrogens (primary N) is 1. The highest BCUT2D eigenvalue weighted by Crippen LogP contribution is 2.14. The van der Waals surface area contributed by atoms with Crippen LogP contribution in [-0.4, -0.2) is 29.0 Å². The van der Waals surface area contributed by atoms with E-state index in [1.54, 1.807) is 0 Å². The Balaban J connectivity index is 2.57. The molecule has 1 heterocycles. The molecule has 6 nitrogen and oxygen atoms in total. The Bertz CT molecular complexity index is 357. The van der Waals surface area contributed by atoms with Gasteiger partial charge in [0.15, 0.2) is 5.82 Å². The van der Waals surface area contributed by atoms with Crippen LogP contribution < -0.4 is 16.4 Å². The summed E-state index contributed by atoms with van der Waals surface area (Å²) in [6.07, 6.45) is 1.38. The molecule has 7 heteroatoms. The lowest BCUT2D eigenvalue weighted by Gasteiger charge is -2.07. The molecule has 1 amide bonds. The van der Waals surface area contributed by atoms with Gasteiger partial charge in [-0.2, -0.15) is 4.98 Å². The van der Waals surface area contributed by atoms with Crippen molar-refractivity contribution >= 4 is 29.0 Å². The van der Waals surface area contributed by atoms with Crippen molar-refractivity contribution in [3.05, 3.63) is 11.5 Å². The number of amides is 1. The molecule has 0 aliphatic rings. The summed E-state index contributed by atoms with van der Waals surface area (Å²) < 4.78 is 0. The average Bonchev–Trinajstić information content (AvgIpc) is 2.20. The third-order valence-electron chi connectivity index (χ3n) is 1.58. The molecule has 4 N–H and O–H groups in total. The highest BCUT2D eigenvalue weighted by Gasteiger charge is 2.04. The molecule has 0 unspecified atom stereocenters. The fraction of sp³-hybridized carbons (Fsp3) is 0.375. The summed E-state index contributed by atoms with van der Waals surface area (Å²) in [7, 11) is 0. The molecule has 0 saturated carbocycles. The van der Waals surface area contributed by atoms with E-state index >= 15 is 0 Å². The van der Waals surface area contributed by atoms with Gasteiger partial charge >= 0.3 is 0 Å². The lowest BCUT2D eigenvalue weighted by atomic mass is 10.4. The largest absolute Gasteiger partial charge is 0.394 e. The number of nitrogens with one attached hydrogen (secondary N) is 2. The van der Waals surface area contributed by atoms with Crippen molar-refractivity contribution < 1.29 is 4.79 Å². The fourth-order valence-electron chi connectivity index (χ4n) is 0.935. The minimum atomic E-state index is -0.133. The van der Waals surface area contributed by atoms with Gasteiger partial charge < -0.3 is 16.4 Å². The van der Waals surface area contributed by atoms with Crippen molar-refractivity contribution in [2.45, 2.75) is 6.92 Å². The molecule has 15 heavy (non-hydrogen) atoms. The third-order valence-corrected chi connectivity index (χ3v) is 1.76. The van der Waals surface area contributed by atoms with Crippen LogP contribution in [0.25, 0.3) is 0 Å². The molecule has 1 aromatic heterocycles. The predicted octanol–water partition coefficient (Wildman–Crippen LogP) is 0.260. The van der Waals surface area contributed by atoms with Crippen LogP contribution in [-0.2, 0) is 4.79 Å². The Hall–Kier alpha value is -1.56. The average molecular weight is 230 g/mol. The van der Waals surface area contributed by atoms with Crippen molar-refractivity contribution in [2.24, 2.45) is 0 Å². The number of nitrogen functional groups attached to an aromatic ring is 1. The van der Waals surface area contributed by atoms with Gasteiger partial charge in [-0.1, -0.05) is 0 Å². The summed E-state index contributed by atoms with van der Waals surface area (Å²) >= 11 is 5.57. The zero-order valence-electron chi connectivity index (χ0n) is 8.25. The normalized spacial score (nSPS) is 9.73. The van der Waals surface area contributed by atoms with E-state index in [-0.39, 0.29) is 17.7 Å². The number of likely N-dealkylation sites (N-methyl/N-ethyl adjacent to an activating group) is 1. The smallest absolute Gasteiger partial charge is 0.239 e. The monoisotopic (exact) mass is 229 g/mol. The van der Waals surface area contributed by atoms with Gasteiger partial charge in [0.25, 0.3) is 0 Å². The second kappa shape index (κ2) is 5.35. The van der Waals surface area contributed by atoms with Crippen molar-refractivity contribution in [1.82, 2.24) is 15.3 Å². The van der Waals surface area contributed by atoms with Crippen LogP contribution in [0.15, 0.2) is 6.20 Å². The lowest BCUT2D eigenvalue weighted by Crippen LogP contribution is -2.29. The zero-order chi connectivity index (χ0) is 11.3. The zero-order valence-corrected chi connectivity index (χ0v) is 9.01. The van der Waals surface area contributed by atoms with Crippen LogP contribution in [0.3, 0.4) is 0 Å². The Morgan fingerprint density at radius 2 is 2.40 bits per heavy atom. The number of halogens is 1. The van der Waals surface area contributed by atoms with E-state index < -0.39 is 0 Å². The summed E-state index contributed by atoms with van der Waals surface area (Å²) in [6, 6.07) is 0. The number of carbonyl (C=O) groups is 1. The molecule has 0 atom stereocenters. The van der Waals surface area contributed by atoms with Crippen LogP contribution in [0.1, 0.15) is 6.92 Å². The topological polar surface area (TPSA) is 92.9 Å². The van der Waals surface area contributed by atoms with E-state index in [2.05, 4.69) is 20.6 Å². The SMILES string of the molecule is CCNC(=O)CNc1nc(Cl)ncc1N. The number of hydrogen-bond acceptors (Lipinski definition) is 5. The maximum absolute atomic E-state index is 11.1. The van der Waals surface area contributed by atoms with Crippen LogP contribution in [0, 0.1) is 0 Å². The summed E-state index contributed by atoms with van der Waals surface area (Å²) in [5, 5.41) is 5.48. The van der Waals surface area contributed by atoms with Gasteiger partial charge in [-0.3, -0.25) is 4.79 Å². The van der Waals surface area contributed by atoms with E-state index in [1.807, 2.05) is 6.92 Å². The highest BCUT2D eigenvalue weighted by molar-refractivity contribution is 6.28. The van der Waals surface area contributed by atoms with Crippen molar-refractivity contribution in [1.29, 1.82) is 0 Å². The summed E-state index contributed by atoms with van der Waals surface area (Å²) in [4.78, 5) is 18.7. The second-order valence-corrected chi connectivity index (χ2v) is 3.09. The first-order valence-corrected chi connectivity index (χ1v) is 4.80. The molecular weight excluding hydrogens is 218 g/mol. The molecule has 1 aromatic rings. The van der Waals surface area contributed by atoms with Gasteiger partial charge in [0.2, 0.25) is 11.2 Å². The van der Waals surface area contributed by atoms with E-state index in [0.29, 0.717) is 18.1 Å². The highest BCUT2D eigenvalue weighted by atomic mass is 35.5. The molecule has 0 radical (unpaired) electrons. The fourth-order valence-corrected chi connectivity index (χ4v) is 1.07. The summed E-state index contributed by atoms with van der Waals surface area (Å²) in [5.41, 5.74) is 5.92. The number of aromatic nitrogens is 2. The molecule has 0 fully saturated rings. The van der Waals surface area contributed by atoms with Gasteiger partial charge in [-0.05, 0) is 18.5 Å². The molecule has 0 spiro atoms. The third kappa shape index (κ3) is 3.59. The first-order chi connectivity index (χ1) is 7.13. The quantitative estimate of drug-likeness (QED) is 0.644. The van der Waals surface area contributed by atoms with E-state index in [1.165, 1.54) is 6.20 Å². The molecule has 82 valence electrons. The van der Waals surface area contributed by atoms with Crippen LogP contribution in [0.5, 0.6) is 0 Å². The molecule has 0 aromatic carbocycles. The molecular formula is C8H12ClN5O. The molecule has 0 aliphatic heterocycles. The van der Waals surface area contributed by atoms with Gasteiger partial charge in [-0.25, -0.2) is 4.98 Å². The number of nitrogens with zero attached hydrogens (tertiary/aromatic N) is 2. The van der Waals surface area contributed by atoms with Crippen molar-refractivity contribution in [2.75, 3.05) is 24.1 Å². The van der Waals surface area contributed by atoms with Gasteiger partial charge in [0.1, 0.15) is 0 Å². The van der Waals surface area contributed by atoms with Gasteiger partial charge in [0, 0.05) is 6.54 Å². The van der Waals surface area contributed by atoms with Crippen LogP contribution >= 0.6 is 11.6 Å². The number of anilines is 2. The lowest BCUT2D eigenvalue weighted by molar-refractivity contribution is -0.119. The minimum absolute atomic E-state index is 0.0857. The van der Waals surface area contributed by atoms with Crippen LogP contribution in [0.4, 0.5) is 11.5 Å². The first kappa shape index (κ1) is 11.5. The van der Waals surface area contributed by atoms with E-state index in [0.717, 1.165) is 0 Å². The van der Waals surface area contributed by atoms with Gasteiger partial charge in [-0.15, -0.1) is 0 Å². The van der Waals surface area contributed by atoms with Crippen molar-refractivity contribution in [3.8, 4) is 0 Å². The van der Waals surface area contributed by atoms with Gasteiger partial charge in [0.05, 0.1) is 18.4 Å². The van der Waals surface area contributed by atoms with Crippen LogP contribution in [0.2, 0.25) is 5.28 Å². The maximum Gasteiger partial charge on any atom is 0.239 e. The number of carbonyl (C=O) groups excluding carboxylic acids is 1. The standard InChI is InChI=1S/C8H12ClN5O/c1-2-11-6(15)4-12-7-5(10)3-13-8(9)14-7/h3H,2,4,10H2,1H3,(H,11,15)(H,12,13,14). The number of hydrogen-bond donors (Lipinski definition) is 3. The molecule has 0 aliphatic carbocycles. The Morgan fingerprint density at radius 1 is 1.67 bits per heavy atom. The summed E-state index contributed by atoms with van der Waals surface area (Å²) in [5.74, 6) is 0.230. The second-order valence-electron chi connectivity index (χ2n) is 2.75. The predicted molar refractivity (Wildman–Crippen MR) is 58.6 cm³/mol. The maximum atomic E-state index is 11.1. The number of rotatable bonds is 4. The van der Waals surface area contributed by atoms with E-state index in [4.69, 9.17) is 17.3 Å². The van der Waals surface area contributed by atoms with E-state index in [9.17, 15) is 4.79 Å². The minimum Gasteiger partial charge on any atom is -0.394 e. The Labute approximate surface area is 92.2 Å². The molecule has 0 bridgehead atoms.